The van der Waals surface area contributed by atoms with Gasteiger partial charge in [-0.2, -0.15) is 0 Å². The lowest BCUT2D eigenvalue weighted by Crippen LogP contribution is -2.22. The maximum Gasteiger partial charge on any atom is 0.123 e. The van der Waals surface area contributed by atoms with E-state index in [0.717, 1.165) is 0 Å². The van der Waals surface area contributed by atoms with E-state index in [0.29, 0.717) is 5.69 Å². The molecule has 3 nitrogen and oxygen atoms in total. The van der Waals surface area contributed by atoms with Gasteiger partial charge in [0.05, 0.1) is 12.7 Å². The van der Waals surface area contributed by atoms with Crippen LogP contribution in [0.4, 0.5) is 10.1 Å². The molecule has 1 rings (SSSR count). The summed E-state index contributed by atoms with van der Waals surface area (Å²) in [5.41, 5.74) is 0.717. The van der Waals surface area contributed by atoms with Gasteiger partial charge in [-0.3, -0.25) is 0 Å². The van der Waals surface area contributed by atoms with Crippen LogP contribution in [0, 0.1) is 5.82 Å². The number of hydrogen-bond acceptors (Lipinski definition) is 3. The Kier molecular flexibility index (Phi) is 3.67. The number of rotatable bonds is 4. The Morgan fingerprint density at radius 1 is 1.31 bits per heavy atom. The molecule has 0 fully saturated rings. The molecule has 0 aliphatic heterocycles. The molecule has 0 bridgehead atoms. The molecular weight excluding hydrogens is 173 g/mol. The molecule has 0 aliphatic rings. The van der Waals surface area contributed by atoms with Crippen LogP contribution in [0.15, 0.2) is 24.3 Å². The molecule has 0 saturated carbocycles. The van der Waals surface area contributed by atoms with Gasteiger partial charge < -0.3 is 15.5 Å². The lowest BCUT2D eigenvalue weighted by molar-refractivity contribution is 0.105. The Balaban J connectivity index is 2.41. The lowest BCUT2D eigenvalue weighted by Gasteiger charge is -2.09. The van der Waals surface area contributed by atoms with Crippen LogP contribution in [0.2, 0.25) is 0 Å². The Hall–Kier alpha value is -1.13. The van der Waals surface area contributed by atoms with Crippen molar-refractivity contribution >= 4 is 5.69 Å². The number of aliphatic hydroxyl groups is 2. The number of nitrogens with one attached hydrogen (secondary N) is 1. The molecule has 13 heavy (non-hydrogen) atoms. The molecule has 0 saturated heterocycles. The minimum atomic E-state index is -0.787. The van der Waals surface area contributed by atoms with E-state index in [1.165, 1.54) is 12.1 Å². The van der Waals surface area contributed by atoms with Crippen LogP contribution in [0.3, 0.4) is 0 Å². The summed E-state index contributed by atoms with van der Waals surface area (Å²) in [6.07, 6.45) is -0.787. The molecule has 0 aromatic heterocycles. The Labute approximate surface area is 75.8 Å². The topological polar surface area (TPSA) is 52.5 Å². The average molecular weight is 185 g/mol. The highest BCUT2D eigenvalue weighted by Crippen LogP contribution is 2.07. The van der Waals surface area contributed by atoms with E-state index < -0.39 is 6.10 Å². The highest BCUT2D eigenvalue weighted by molar-refractivity contribution is 5.42. The van der Waals surface area contributed by atoms with Crippen molar-refractivity contribution in [2.75, 3.05) is 18.5 Å². The monoisotopic (exact) mass is 185 g/mol. The molecule has 3 N–H and O–H groups in total. The van der Waals surface area contributed by atoms with Crippen molar-refractivity contribution in [1.29, 1.82) is 0 Å². The van der Waals surface area contributed by atoms with Gasteiger partial charge in [-0.25, -0.2) is 4.39 Å². The quantitative estimate of drug-likeness (QED) is 0.643. The largest absolute Gasteiger partial charge is 0.394 e. The van der Waals surface area contributed by atoms with Crippen molar-refractivity contribution < 1.29 is 14.6 Å². The van der Waals surface area contributed by atoms with Gasteiger partial charge >= 0.3 is 0 Å². The summed E-state index contributed by atoms with van der Waals surface area (Å²) in [5, 5.41) is 20.3. The van der Waals surface area contributed by atoms with Crippen LogP contribution in [0.1, 0.15) is 0 Å². The van der Waals surface area contributed by atoms with Crippen LogP contribution < -0.4 is 5.32 Å². The summed E-state index contributed by atoms with van der Waals surface area (Å²) in [4.78, 5) is 0. The number of hydrogen-bond donors (Lipinski definition) is 3. The fourth-order valence-corrected chi connectivity index (χ4v) is 0.868. The van der Waals surface area contributed by atoms with Gasteiger partial charge in [0, 0.05) is 12.2 Å². The van der Waals surface area contributed by atoms with Crippen LogP contribution in [0.25, 0.3) is 0 Å². The van der Waals surface area contributed by atoms with Gasteiger partial charge in [0.25, 0.3) is 0 Å². The van der Waals surface area contributed by atoms with Crippen LogP contribution in [-0.2, 0) is 0 Å². The van der Waals surface area contributed by atoms with E-state index in [9.17, 15) is 4.39 Å². The zero-order valence-corrected chi connectivity index (χ0v) is 7.07. The predicted molar refractivity (Wildman–Crippen MR) is 48.0 cm³/mol. The van der Waals surface area contributed by atoms with E-state index in [4.69, 9.17) is 10.2 Å². The molecule has 1 atom stereocenters. The normalized spacial score (nSPS) is 12.5. The summed E-state index contributed by atoms with van der Waals surface area (Å²) in [6.45, 7) is -0.0314. The second kappa shape index (κ2) is 4.79. The summed E-state index contributed by atoms with van der Waals surface area (Å²) in [7, 11) is 0. The first-order valence-electron chi connectivity index (χ1n) is 4.00. The first-order valence-corrected chi connectivity index (χ1v) is 4.00. The molecule has 72 valence electrons. The summed E-state index contributed by atoms with van der Waals surface area (Å²) in [6, 6.07) is 5.79. The zero-order chi connectivity index (χ0) is 9.68. The van der Waals surface area contributed by atoms with Gasteiger partial charge in [0.1, 0.15) is 5.82 Å². The standard InChI is InChI=1S/C9H12FNO2/c10-7-1-3-8(4-2-7)11-5-9(13)6-12/h1-4,9,11-13H,5-6H2. The molecule has 4 heteroatoms. The van der Waals surface area contributed by atoms with Crippen molar-refractivity contribution in [1.82, 2.24) is 0 Å². The lowest BCUT2D eigenvalue weighted by atomic mass is 10.3. The smallest absolute Gasteiger partial charge is 0.123 e. The van der Waals surface area contributed by atoms with Gasteiger partial charge in [-0.15, -0.1) is 0 Å². The molecule has 0 radical (unpaired) electrons. The van der Waals surface area contributed by atoms with Crippen LogP contribution in [0.5, 0.6) is 0 Å². The van der Waals surface area contributed by atoms with Crippen molar-refractivity contribution in [3.05, 3.63) is 30.1 Å². The Morgan fingerprint density at radius 2 is 1.92 bits per heavy atom. The van der Waals surface area contributed by atoms with Gasteiger partial charge in [-0.1, -0.05) is 0 Å². The molecular formula is C9H12FNO2. The highest BCUT2D eigenvalue weighted by atomic mass is 19.1. The van der Waals surface area contributed by atoms with Gasteiger partial charge in [0.2, 0.25) is 0 Å². The van der Waals surface area contributed by atoms with Crippen molar-refractivity contribution in [3.8, 4) is 0 Å². The highest BCUT2D eigenvalue weighted by Gasteiger charge is 2.00. The van der Waals surface area contributed by atoms with Crippen LogP contribution in [-0.4, -0.2) is 29.5 Å². The molecule has 0 heterocycles. The van der Waals surface area contributed by atoms with E-state index in [2.05, 4.69) is 5.32 Å². The van der Waals surface area contributed by atoms with E-state index in [1.807, 2.05) is 0 Å². The number of benzene rings is 1. The maximum absolute atomic E-state index is 12.4. The second-order valence-corrected chi connectivity index (χ2v) is 2.72. The minimum absolute atomic E-state index is 0.252. The summed E-state index contributed by atoms with van der Waals surface area (Å²) >= 11 is 0. The molecule has 0 amide bonds. The third-order valence-electron chi connectivity index (χ3n) is 1.60. The fraction of sp³-hybridized carbons (Fsp3) is 0.333. The zero-order valence-electron chi connectivity index (χ0n) is 7.07. The molecule has 1 aromatic carbocycles. The third kappa shape index (κ3) is 3.40. The second-order valence-electron chi connectivity index (χ2n) is 2.72. The first-order chi connectivity index (χ1) is 6.22. The number of halogens is 1. The number of aliphatic hydroxyl groups excluding tert-OH is 2. The maximum atomic E-state index is 12.4. The van der Waals surface area contributed by atoms with E-state index >= 15 is 0 Å². The first kappa shape index (κ1) is 9.95. The average Bonchev–Trinajstić information content (AvgIpc) is 2.16. The van der Waals surface area contributed by atoms with Crippen molar-refractivity contribution in [2.24, 2.45) is 0 Å². The molecule has 0 aliphatic carbocycles. The minimum Gasteiger partial charge on any atom is -0.394 e. The fourth-order valence-electron chi connectivity index (χ4n) is 0.868. The van der Waals surface area contributed by atoms with Crippen molar-refractivity contribution in [2.45, 2.75) is 6.10 Å². The SMILES string of the molecule is OCC(O)CNc1ccc(F)cc1. The number of anilines is 1. The van der Waals surface area contributed by atoms with Crippen LogP contribution >= 0.6 is 0 Å². The molecule has 1 unspecified atom stereocenters. The van der Waals surface area contributed by atoms with E-state index in [1.54, 1.807) is 12.1 Å². The van der Waals surface area contributed by atoms with Crippen molar-refractivity contribution in [3.63, 3.8) is 0 Å². The Bertz CT molecular complexity index is 250. The summed E-state index contributed by atoms with van der Waals surface area (Å²) in [5.74, 6) is -0.298. The Morgan fingerprint density at radius 3 is 2.46 bits per heavy atom. The predicted octanol–water partition coefficient (Wildman–Crippen LogP) is 0.591. The van der Waals surface area contributed by atoms with Gasteiger partial charge in [-0.05, 0) is 24.3 Å². The van der Waals surface area contributed by atoms with Gasteiger partial charge in [0.15, 0.2) is 0 Å². The molecule has 0 spiro atoms. The third-order valence-corrected chi connectivity index (χ3v) is 1.60. The van der Waals surface area contributed by atoms with E-state index in [-0.39, 0.29) is 19.0 Å². The summed E-state index contributed by atoms with van der Waals surface area (Å²) < 4.78 is 12.4. The molecule has 1 aromatic rings.